The minimum absolute atomic E-state index is 0.431. The minimum atomic E-state index is 0.431. The van der Waals surface area contributed by atoms with Crippen LogP contribution in [0.4, 0.5) is 5.82 Å². The van der Waals surface area contributed by atoms with Crippen LogP contribution in [0.2, 0.25) is 0 Å². The largest absolute Gasteiger partial charge is 0.372 e. The molecule has 0 saturated carbocycles. The fourth-order valence-electron chi connectivity index (χ4n) is 1.51. The van der Waals surface area contributed by atoms with E-state index < -0.39 is 0 Å². The Morgan fingerprint density at radius 1 is 1.22 bits per heavy atom. The summed E-state index contributed by atoms with van der Waals surface area (Å²) in [6, 6.07) is 0. The molecule has 102 valence electrons. The van der Waals surface area contributed by atoms with E-state index in [1.807, 2.05) is 18.8 Å². The van der Waals surface area contributed by atoms with Gasteiger partial charge in [0.1, 0.15) is 11.6 Å². The van der Waals surface area contributed by atoms with E-state index in [1.54, 1.807) is 0 Å². The van der Waals surface area contributed by atoms with Crippen LogP contribution in [-0.4, -0.2) is 22.8 Å². The molecule has 1 N–H and O–H groups in total. The topological polar surface area (TPSA) is 37.8 Å². The van der Waals surface area contributed by atoms with Crippen LogP contribution in [0.15, 0.2) is 0 Å². The lowest BCUT2D eigenvalue weighted by atomic mass is 10.1. The van der Waals surface area contributed by atoms with Crippen LogP contribution in [0.1, 0.15) is 45.1 Å². The molecule has 0 aromatic carbocycles. The van der Waals surface area contributed by atoms with Gasteiger partial charge in [0.2, 0.25) is 0 Å². The highest BCUT2D eigenvalue weighted by molar-refractivity contribution is 14.1. The van der Waals surface area contributed by atoms with Crippen LogP contribution in [-0.2, 0) is 5.75 Å². The monoisotopic (exact) mass is 379 g/mol. The summed E-state index contributed by atoms with van der Waals surface area (Å²) in [7, 11) is 1.92. The van der Waals surface area contributed by atoms with Crippen LogP contribution in [0.5, 0.6) is 0 Å². The zero-order chi connectivity index (χ0) is 13.7. The van der Waals surface area contributed by atoms with Gasteiger partial charge in [0.15, 0.2) is 0 Å². The van der Waals surface area contributed by atoms with E-state index in [0.29, 0.717) is 11.8 Å². The molecule has 1 aromatic rings. The van der Waals surface area contributed by atoms with Gasteiger partial charge in [-0.2, -0.15) is 11.8 Å². The first-order chi connectivity index (χ1) is 8.45. The summed E-state index contributed by atoms with van der Waals surface area (Å²) < 4.78 is 1.14. The van der Waals surface area contributed by atoms with E-state index in [4.69, 9.17) is 4.98 Å². The zero-order valence-electron chi connectivity index (χ0n) is 11.7. The summed E-state index contributed by atoms with van der Waals surface area (Å²) in [4.78, 5) is 9.28. The molecule has 0 aliphatic heterocycles. The number of anilines is 1. The molecule has 0 amide bonds. The van der Waals surface area contributed by atoms with Crippen molar-refractivity contribution in [3.8, 4) is 0 Å². The molecule has 5 heteroatoms. The Bertz CT molecular complexity index is 394. The highest BCUT2D eigenvalue weighted by atomic mass is 127. The van der Waals surface area contributed by atoms with E-state index in [1.165, 1.54) is 0 Å². The van der Waals surface area contributed by atoms with Crippen molar-refractivity contribution in [3.05, 3.63) is 15.1 Å². The highest BCUT2D eigenvalue weighted by Crippen LogP contribution is 2.26. The average Bonchev–Trinajstić information content (AvgIpc) is 2.30. The van der Waals surface area contributed by atoms with Crippen molar-refractivity contribution >= 4 is 40.2 Å². The first kappa shape index (κ1) is 16.0. The average molecular weight is 379 g/mol. The Labute approximate surface area is 128 Å². The molecule has 0 aliphatic carbocycles. The summed E-state index contributed by atoms with van der Waals surface area (Å²) in [5.41, 5.74) is 1.15. The van der Waals surface area contributed by atoms with Gasteiger partial charge < -0.3 is 5.32 Å². The van der Waals surface area contributed by atoms with Crippen molar-refractivity contribution in [3.63, 3.8) is 0 Å². The molecule has 0 saturated heterocycles. The third-order valence-electron chi connectivity index (χ3n) is 2.39. The van der Waals surface area contributed by atoms with Crippen molar-refractivity contribution in [1.29, 1.82) is 0 Å². The molecule has 18 heavy (non-hydrogen) atoms. The van der Waals surface area contributed by atoms with Crippen molar-refractivity contribution in [1.82, 2.24) is 9.97 Å². The summed E-state index contributed by atoms with van der Waals surface area (Å²) in [6.45, 7) is 8.82. The lowest BCUT2D eigenvalue weighted by Crippen LogP contribution is -2.08. The van der Waals surface area contributed by atoms with Gasteiger partial charge in [-0.3, -0.25) is 0 Å². The molecule has 0 spiro atoms. The number of aromatic nitrogens is 2. The molecule has 0 fully saturated rings. The zero-order valence-corrected chi connectivity index (χ0v) is 14.7. The van der Waals surface area contributed by atoms with E-state index in [-0.39, 0.29) is 0 Å². The molecule has 1 rings (SSSR count). The lowest BCUT2D eigenvalue weighted by Gasteiger charge is -2.13. The summed E-state index contributed by atoms with van der Waals surface area (Å²) >= 11 is 4.23. The smallest absolute Gasteiger partial charge is 0.143 e. The number of hydrogen-bond acceptors (Lipinski definition) is 4. The van der Waals surface area contributed by atoms with Gasteiger partial charge >= 0.3 is 0 Å². The van der Waals surface area contributed by atoms with Gasteiger partial charge in [0, 0.05) is 7.05 Å². The number of nitrogens with one attached hydrogen (secondary N) is 1. The first-order valence-corrected chi connectivity index (χ1v) is 8.50. The van der Waals surface area contributed by atoms with Gasteiger partial charge in [-0.25, -0.2) is 9.97 Å². The second kappa shape index (κ2) is 7.53. The Hall–Kier alpha value is -0.0400. The molecular weight excluding hydrogens is 357 g/mol. The van der Waals surface area contributed by atoms with Gasteiger partial charge in [-0.15, -0.1) is 0 Å². The van der Waals surface area contributed by atoms with E-state index in [9.17, 15) is 0 Å². The number of thioether (sulfide) groups is 1. The molecule has 0 bridgehead atoms. The molecule has 1 heterocycles. The number of nitrogens with zero attached hydrogens (tertiary/aromatic N) is 2. The fourth-order valence-corrected chi connectivity index (χ4v) is 3.55. The standard InChI is InChI=1S/C13H22IN3S/c1-8(2)6-18-7-10-16-12(9(3)4)11(14)13(15-5)17-10/h8-9H,6-7H2,1-5H3,(H,15,16,17). The molecular formula is C13H22IN3S. The van der Waals surface area contributed by atoms with E-state index >= 15 is 0 Å². The molecule has 0 atom stereocenters. The number of halogens is 1. The SMILES string of the molecule is CNc1nc(CSCC(C)C)nc(C(C)C)c1I. The lowest BCUT2D eigenvalue weighted by molar-refractivity contribution is 0.749. The van der Waals surface area contributed by atoms with Gasteiger partial charge in [0.05, 0.1) is 15.0 Å². The number of rotatable bonds is 6. The van der Waals surface area contributed by atoms with E-state index in [0.717, 1.165) is 32.4 Å². The van der Waals surface area contributed by atoms with Crippen LogP contribution in [0, 0.1) is 9.49 Å². The maximum Gasteiger partial charge on any atom is 0.143 e. The van der Waals surface area contributed by atoms with Crippen molar-refractivity contribution < 1.29 is 0 Å². The Morgan fingerprint density at radius 2 is 1.89 bits per heavy atom. The first-order valence-electron chi connectivity index (χ1n) is 6.27. The Balaban J connectivity index is 2.88. The van der Waals surface area contributed by atoms with Gasteiger partial charge in [-0.1, -0.05) is 27.7 Å². The normalized spacial score (nSPS) is 11.3. The van der Waals surface area contributed by atoms with E-state index in [2.05, 4.69) is 60.6 Å². The Morgan fingerprint density at radius 3 is 2.39 bits per heavy atom. The van der Waals surface area contributed by atoms with Crippen LogP contribution < -0.4 is 5.32 Å². The number of hydrogen-bond donors (Lipinski definition) is 1. The van der Waals surface area contributed by atoms with Crippen molar-refractivity contribution in [2.45, 2.75) is 39.4 Å². The van der Waals surface area contributed by atoms with Crippen LogP contribution in [0.25, 0.3) is 0 Å². The maximum atomic E-state index is 4.70. The third-order valence-corrected chi connectivity index (χ3v) is 4.82. The second-order valence-corrected chi connectivity index (χ2v) is 7.11. The molecule has 0 aliphatic rings. The van der Waals surface area contributed by atoms with Crippen LogP contribution in [0.3, 0.4) is 0 Å². The Kier molecular flexibility index (Phi) is 6.70. The molecule has 1 aromatic heterocycles. The third kappa shape index (κ3) is 4.57. The van der Waals surface area contributed by atoms with Crippen LogP contribution >= 0.6 is 34.4 Å². The van der Waals surface area contributed by atoms with Gasteiger partial charge in [0.25, 0.3) is 0 Å². The van der Waals surface area contributed by atoms with Crippen molar-refractivity contribution in [2.75, 3.05) is 18.1 Å². The van der Waals surface area contributed by atoms with Gasteiger partial charge in [-0.05, 0) is 40.2 Å². The second-order valence-electron chi connectivity index (χ2n) is 5.00. The molecule has 0 unspecified atom stereocenters. The maximum absolute atomic E-state index is 4.70. The highest BCUT2D eigenvalue weighted by Gasteiger charge is 2.14. The predicted octanol–water partition coefficient (Wildman–Crippen LogP) is 4.14. The summed E-state index contributed by atoms with van der Waals surface area (Å²) in [6.07, 6.45) is 0. The quantitative estimate of drug-likeness (QED) is 0.754. The predicted molar refractivity (Wildman–Crippen MR) is 89.4 cm³/mol. The molecule has 0 radical (unpaired) electrons. The fraction of sp³-hybridized carbons (Fsp3) is 0.692. The molecule has 3 nitrogen and oxygen atoms in total. The summed E-state index contributed by atoms with van der Waals surface area (Å²) in [5, 5.41) is 3.16. The minimum Gasteiger partial charge on any atom is -0.372 e. The summed E-state index contributed by atoms with van der Waals surface area (Å²) in [5.74, 6) is 5.08. The van der Waals surface area contributed by atoms with Crippen molar-refractivity contribution in [2.24, 2.45) is 5.92 Å².